The number of nitrogens with zero attached hydrogens (tertiary/aromatic N) is 1. The topological polar surface area (TPSA) is 83.6 Å². The molecule has 3 N–H and O–H groups in total. The maximum Gasteiger partial charge on any atom is 0.309 e. The highest BCUT2D eigenvalue weighted by Gasteiger charge is 2.41. The van der Waals surface area contributed by atoms with Crippen molar-refractivity contribution in [1.29, 1.82) is 0 Å². The zero-order valence-electron chi connectivity index (χ0n) is 12.3. The summed E-state index contributed by atoms with van der Waals surface area (Å²) in [4.78, 5) is 25.7. The first-order valence-corrected chi connectivity index (χ1v) is 7.76. The van der Waals surface area contributed by atoms with E-state index in [0.717, 1.165) is 25.7 Å². The molecule has 0 unspecified atom stereocenters. The number of hydrogen-bond acceptors (Lipinski definition) is 3. The smallest absolute Gasteiger partial charge is 0.309 e. The van der Waals surface area contributed by atoms with Crippen LogP contribution in [0.1, 0.15) is 51.9 Å². The zero-order chi connectivity index (χ0) is 14.8. The average molecular weight is 282 g/mol. The van der Waals surface area contributed by atoms with Gasteiger partial charge in [0.15, 0.2) is 0 Å². The molecule has 0 aromatic rings. The molecule has 0 bridgehead atoms. The van der Waals surface area contributed by atoms with Crippen molar-refractivity contribution in [2.45, 2.75) is 57.9 Å². The van der Waals surface area contributed by atoms with Gasteiger partial charge in [-0.25, -0.2) is 0 Å². The Kier molecular flexibility index (Phi) is 4.68. The Bertz CT molecular complexity index is 367. The van der Waals surface area contributed by atoms with Crippen molar-refractivity contribution < 1.29 is 14.7 Å². The Balaban J connectivity index is 1.90. The molecule has 1 saturated carbocycles. The van der Waals surface area contributed by atoms with Crippen molar-refractivity contribution >= 4 is 11.9 Å². The van der Waals surface area contributed by atoms with Gasteiger partial charge in [0.2, 0.25) is 5.91 Å². The monoisotopic (exact) mass is 282 g/mol. The third-order valence-corrected chi connectivity index (χ3v) is 5.28. The lowest BCUT2D eigenvalue weighted by Gasteiger charge is -2.40. The van der Waals surface area contributed by atoms with E-state index in [4.69, 9.17) is 5.73 Å². The van der Waals surface area contributed by atoms with Crippen molar-refractivity contribution in [1.82, 2.24) is 4.90 Å². The molecule has 0 aromatic carbocycles. The third kappa shape index (κ3) is 2.97. The van der Waals surface area contributed by atoms with Crippen LogP contribution in [0.15, 0.2) is 0 Å². The molecule has 1 aliphatic heterocycles. The first-order valence-electron chi connectivity index (χ1n) is 7.76. The predicted octanol–water partition coefficient (Wildman–Crippen LogP) is 1.61. The number of carbonyl (C=O) groups is 2. The van der Waals surface area contributed by atoms with Crippen LogP contribution in [0.3, 0.4) is 0 Å². The van der Waals surface area contributed by atoms with Gasteiger partial charge in [0.05, 0.1) is 5.41 Å². The summed E-state index contributed by atoms with van der Waals surface area (Å²) in [5.41, 5.74) is 5.25. The Morgan fingerprint density at radius 3 is 2.20 bits per heavy atom. The van der Waals surface area contributed by atoms with Crippen molar-refractivity contribution in [3.63, 3.8) is 0 Å². The SMILES string of the molecule is CCC1(C(=O)O)CCN(C(=O)C2CCC(N)CC2)CC1. The molecule has 114 valence electrons. The summed E-state index contributed by atoms with van der Waals surface area (Å²) in [5.74, 6) is -0.392. The fraction of sp³-hybridized carbons (Fsp3) is 0.867. The number of likely N-dealkylation sites (tertiary alicyclic amines) is 1. The molecular weight excluding hydrogens is 256 g/mol. The van der Waals surface area contributed by atoms with Gasteiger partial charge < -0.3 is 15.7 Å². The molecule has 1 amide bonds. The van der Waals surface area contributed by atoms with Crippen LogP contribution in [0.25, 0.3) is 0 Å². The maximum absolute atomic E-state index is 12.5. The number of carboxylic acids is 1. The van der Waals surface area contributed by atoms with E-state index in [1.54, 1.807) is 0 Å². The van der Waals surface area contributed by atoms with E-state index >= 15 is 0 Å². The van der Waals surface area contributed by atoms with Gasteiger partial charge in [0.1, 0.15) is 0 Å². The van der Waals surface area contributed by atoms with Gasteiger partial charge in [-0.05, 0) is 44.9 Å². The normalized spacial score (nSPS) is 30.0. The number of nitrogens with two attached hydrogens (primary N) is 1. The van der Waals surface area contributed by atoms with Crippen molar-refractivity contribution in [3.8, 4) is 0 Å². The molecule has 1 heterocycles. The van der Waals surface area contributed by atoms with E-state index < -0.39 is 11.4 Å². The van der Waals surface area contributed by atoms with Crippen LogP contribution in [0.5, 0.6) is 0 Å². The molecule has 2 rings (SSSR count). The van der Waals surface area contributed by atoms with E-state index in [1.807, 2.05) is 11.8 Å². The Morgan fingerprint density at radius 1 is 1.20 bits per heavy atom. The molecule has 1 saturated heterocycles. The average Bonchev–Trinajstić information content (AvgIpc) is 2.47. The number of carboxylic acid groups (broad SMARTS) is 1. The van der Waals surface area contributed by atoms with E-state index in [0.29, 0.717) is 32.4 Å². The fourth-order valence-corrected chi connectivity index (χ4v) is 3.50. The number of hydrogen-bond donors (Lipinski definition) is 2. The van der Waals surface area contributed by atoms with Crippen LogP contribution in [-0.2, 0) is 9.59 Å². The van der Waals surface area contributed by atoms with E-state index in [1.165, 1.54) is 0 Å². The Hall–Kier alpha value is -1.10. The summed E-state index contributed by atoms with van der Waals surface area (Å²) in [7, 11) is 0. The lowest BCUT2D eigenvalue weighted by atomic mass is 9.76. The molecule has 5 heteroatoms. The zero-order valence-corrected chi connectivity index (χ0v) is 12.3. The van der Waals surface area contributed by atoms with Crippen molar-refractivity contribution in [2.75, 3.05) is 13.1 Å². The summed E-state index contributed by atoms with van der Waals surface area (Å²) in [6.07, 6.45) is 5.43. The molecule has 0 atom stereocenters. The highest BCUT2D eigenvalue weighted by atomic mass is 16.4. The Morgan fingerprint density at radius 2 is 1.75 bits per heavy atom. The number of carbonyl (C=O) groups excluding carboxylic acids is 1. The van der Waals surface area contributed by atoms with Gasteiger partial charge in [-0.1, -0.05) is 6.92 Å². The number of piperidine rings is 1. The van der Waals surface area contributed by atoms with Crippen LogP contribution < -0.4 is 5.73 Å². The van der Waals surface area contributed by atoms with E-state index in [9.17, 15) is 14.7 Å². The first-order chi connectivity index (χ1) is 9.48. The third-order valence-electron chi connectivity index (χ3n) is 5.28. The second kappa shape index (κ2) is 6.12. The first kappa shape index (κ1) is 15.3. The van der Waals surface area contributed by atoms with Crippen LogP contribution in [-0.4, -0.2) is 41.0 Å². The van der Waals surface area contributed by atoms with E-state index in [-0.39, 0.29) is 17.9 Å². The highest BCUT2D eigenvalue weighted by molar-refractivity contribution is 5.80. The molecule has 5 nitrogen and oxygen atoms in total. The van der Waals surface area contributed by atoms with Gasteiger partial charge in [0, 0.05) is 25.0 Å². The van der Waals surface area contributed by atoms with Crippen LogP contribution >= 0.6 is 0 Å². The minimum absolute atomic E-state index is 0.105. The maximum atomic E-state index is 12.5. The van der Waals surface area contributed by atoms with Crippen LogP contribution in [0.2, 0.25) is 0 Å². The minimum atomic E-state index is -0.712. The van der Waals surface area contributed by atoms with Gasteiger partial charge in [-0.15, -0.1) is 0 Å². The molecule has 2 fully saturated rings. The van der Waals surface area contributed by atoms with Gasteiger partial charge in [-0.3, -0.25) is 9.59 Å². The van der Waals surface area contributed by atoms with Gasteiger partial charge in [0.25, 0.3) is 0 Å². The lowest BCUT2D eigenvalue weighted by Crippen LogP contribution is -2.48. The number of aliphatic carboxylic acids is 1. The largest absolute Gasteiger partial charge is 0.481 e. The van der Waals surface area contributed by atoms with Crippen LogP contribution in [0.4, 0.5) is 0 Å². The lowest BCUT2D eigenvalue weighted by molar-refractivity contribution is -0.155. The molecule has 0 spiro atoms. The van der Waals surface area contributed by atoms with Crippen molar-refractivity contribution in [2.24, 2.45) is 17.1 Å². The van der Waals surface area contributed by atoms with Gasteiger partial charge >= 0.3 is 5.97 Å². The summed E-state index contributed by atoms with van der Waals surface area (Å²) in [5, 5.41) is 9.37. The highest BCUT2D eigenvalue weighted by Crippen LogP contribution is 2.36. The molecule has 0 radical (unpaired) electrons. The van der Waals surface area contributed by atoms with Crippen LogP contribution in [0, 0.1) is 11.3 Å². The fourth-order valence-electron chi connectivity index (χ4n) is 3.50. The summed E-state index contributed by atoms with van der Waals surface area (Å²) in [6, 6.07) is 0.250. The molecule has 0 aromatic heterocycles. The second-order valence-corrected chi connectivity index (χ2v) is 6.38. The summed E-state index contributed by atoms with van der Waals surface area (Å²) >= 11 is 0. The summed E-state index contributed by atoms with van der Waals surface area (Å²) in [6.45, 7) is 3.09. The summed E-state index contributed by atoms with van der Waals surface area (Å²) < 4.78 is 0. The quantitative estimate of drug-likeness (QED) is 0.823. The predicted molar refractivity (Wildman–Crippen MR) is 76.1 cm³/mol. The van der Waals surface area contributed by atoms with E-state index in [2.05, 4.69) is 0 Å². The Labute approximate surface area is 120 Å². The molecule has 20 heavy (non-hydrogen) atoms. The number of rotatable bonds is 3. The molecular formula is C15H26N2O3. The number of amides is 1. The minimum Gasteiger partial charge on any atom is -0.481 e. The van der Waals surface area contributed by atoms with Crippen molar-refractivity contribution in [3.05, 3.63) is 0 Å². The van der Waals surface area contributed by atoms with Gasteiger partial charge in [-0.2, -0.15) is 0 Å². The standard InChI is InChI=1S/C15H26N2O3/c1-2-15(14(19)20)7-9-17(10-8-15)13(18)11-3-5-12(16)6-4-11/h11-12H,2-10,16H2,1H3,(H,19,20). The molecule has 1 aliphatic carbocycles. The second-order valence-electron chi connectivity index (χ2n) is 6.38. The molecule has 2 aliphatic rings.